The molecule has 1 heterocycles. The predicted octanol–water partition coefficient (Wildman–Crippen LogP) is 7.34. The average Bonchev–Trinajstić information content (AvgIpc) is 2.93. The Bertz CT molecular complexity index is 1600. The molecule has 1 aliphatic carbocycles. The van der Waals surface area contributed by atoms with Crippen molar-refractivity contribution in [1.82, 2.24) is 9.66 Å². The third-order valence-corrected chi connectivity index (χ3v) is 7.59. The molecule has 3 aromatic carbocycles. The van der Waals surface area contributed by atoms with Crippen LogP contribution >= 0.6 is 31.9 Å². The lowest BCUT2D eigenvalue weighted by molar-refractivity contribution is -0.384. The van der Waals surface area contributed by atoms with Crippen molar-refractivity contribution in [2.24, 2.45) is 5.10 Å². The summed E-state index contributed by atoms with van der Waals surface area (Å²) in [4.78, 5) is 29.2. The van der Waals surface area contributed by atoms with Crippen LogP contribution in [-0.4, -0.2) is 20.8 Å². The molecule has 0 spiro atoms. The van der Waals surface area contributed by atoms with Crippen molar-refractivity contribution in [2.45, 2.75) is 44.6 Å². The summed E-state index contributed by atoms with van der Waals surface area (Å²) in [5, 5.41) is 16.2. The number of non-ortho nitro benzene ring substituents is 1. The first-order valence-electron chi connectivity index (χ1n) is 12.3. The normalized spacial score (nSPS) is 14.3. The Morgan fingerprint density at radius 3 is 2.61 bits per heavy atom. The van der Waals surface area contributed by atoms with Crippen LogP contribution in [0.25, 0.3) is 10.9 Å². The van der Waals surface area contributed by atoms with Crippen molar-refractivity contribution in [3.8, 4) is 5.75 Å². The molecule has 10 heteroatoms. The first-order chi connectivity index (χ1) is 18.4. The molecule has 0 amide bonds. The van der Waals surface area contributed by atoms with Crippen LogP contribution in [0.1, 0.15) is 55.0 Å². The number of halogens is 2. The minimum absolute atomic E-state index is 0.00810. The Kier molecular flexibility index (Phi) is 7.99. The SMILES string of the molecule is O=c1c2cc(Br)ccc2nc(C2CCCCC2)n1N=Cc1cc(Br)ccc1OCc1cccc([N+](=O)[O-])c1. The Morgan fingerprint density at radius 2 is 1.82 bits per heavy atom. The molecule has 0 N–H and O–H groups in total. The molecule has 4 aromatic rings. The summed E-state index contributed by atoms with van der Waals surface area (Å²) >= 11 is 6.95. The maximum atomic E-state index is 13.6. The highest BCUT2D eigenvalue weighted by molar-refractivity contribution is 9.10. The second kappa shape index (κ2) is 11.6. The van der Waals surface area contributed by atoms with Gasteiger partial charge in [-0.25, -0.2) is 4.98 Å². The molecule has 1 aliphatic rings. The van der Waals surface area contributed by atoms with Crippen molar-refractivity contribution in [3.05, 3.63) is 107 Å². The van der Waals surface area contributed by atoms with E-state index in [1.807, 2.05) is 24.3 Å². The van der Waals surface area contributed by atoms with Gasteiger partial charge in [0.1, 0.15) is 18.2 Å². The van der Waals surface area contributed by atoms with Gasteiger partial charge in [0, 0.05) is 32.6 Å². The van der Waals surface area contributed by atoms with E-state index in [9.17, 15) is 14.9 Å². The lowest BCUT2D eigenvalue weighted by Crippen LogP contribution is -2.25. The zero-order chi connectivity index (χ0) is 26.6. The third kappa shape index (κ3) is 5.86. The van der Waals surface area contributed by atoms with Crippen molar-refractivity contribution < 1.29 is 9.66 Å². The molecule has 0 atom stereocenters. The van der Waals surface area contributed by atoms with E-state index < -0.39 is 4.92 Å². The number of aromatic nitrogens is 2. The number of benzene rings is 3. The minimum atomic E-state index is -0.432. The molecule has 0 bridgehead atoms. The Hall–Kier alpha value is -3.37. The number of rotatable bonds is 7. The quantitative estimate of drug-likeness (QED) is 0.120. The second-order valence-electron chi connectivity index (χ2n) is 9.23. The van der Waals surface area contributed by atoms with Gasteiger partial charge in [0.2, 0.25) is 0 Å². The van der Waals surface area contributed by atoms with Crippen molar-refractivity contribution >= 4 is 54.7 Å². The zero-order valence-corrected chi connectivity index (χ0v) is 23.5. The molecule has 8 nitrogen and oxygen atoms in total. The smallest absolute Gasteiger partial charge is 0.282 e. The van der Waals surface area contributed by atoms with E-state index in [0.717, 1.165) is 34.6 Å². The van der Waals surface area contributed by atoms with Gasteiger partial charge in [0.05, 0.1) is 22.0 Å². The first kappa shape index (κ1) is 26.2. The molecule has 1 fully saturated rings. The van der Waals surface area contributed by atoms with Gasteiger partial charge in [-0.3, -0.25) is 14.9 Å². The second-order valence-corrected chi connectivity index (χ2v) is 11.1. The molecule has 0 unspecified atom stereocenters. The van der Waals surface area contributed by atoms with Crippen LogP contribution in [0.3, 0.4) is 0 Å². The van der Waals surface area contributed by atoms with E-state index in [1.165, 1.54) is 23.2 Å². The zero-order valence-electron chi connectivity index (χ0n) is 20.3. The molecule has 5 rings (SSSR count). The number of nitro groups is 1. The van der Waals surface area contributed by atoms with E-state index >= 15 is 0 Å². The summed E-state index contributed by atoms with van der Waals surface area (Å²) in [5.74, 6) is 1.37. The van der Waals surface area contributed by atoms with Crippen LogP contribution < -0.4 is 10.3 Å². The molecule has 0 radical (unpaired) electrons. The van der Waals surface area contributed by atoms with E-state index in [0.29, 0.717) is 33.6 Å². The fraction of sp³-hybridized carbons (Fsp3) is 0.250. The summed E-state index contributed by atoms with van der Waals surface area (Å²) in [7, 11) is 0. The number of hydrogen-bond acceptors (Lipinski definition) is 6. The van der Waals surface area contributed by atoms with Crippen LogP contribution in [0.15, 0.2) is 79.5 Å². The average molecular weight is 640 g/mol. The molecule has 1 saturated carbocycles. The third-order valence-electron chi connectivity index (χ3n) is 6.60. The molecule has 1 aromatic heterocycles. The number of ether oxygens (including phenoxy) is 1. The largest absolute Gasteiger partial charge is 0.488 e. The summed E-state index contributed by atoms with van der Waals surface area (Å²) < 4.78 is 9.07. The van der Waals surface area contributed by atoms with E-state index in [1.54, 1.807) is 30.5 Å². The van der Waals surface area contributed by atoms with Gasteiger partial charge in [0.25, 0.3) is 11.2 Å². The highest BCUT2D eigenvalue weighted by Crippen LogP contribution is 2.32. The van der Waals surface area contributed by atoms with Gasteiger partial charge >= 0.3 is 0 Å². The highest BCUT2D eigenvalue weighted by atomic mass is 79.9. The van der Waals surface area contributed by atoms with Gasteiger partial charge in [-0.2, -0.15) is 9.78 Å². The van der Waals surface area contributed by atoms with Crippen LogP contribution in [0, 0.1) is 10.1 Å². The van der Waals surface area contributed by atoms with Crippen molar-refractivity contribution in [3.63, 3.8) is 0 Å². The number of fused-ring (bicyclic) bond motifs is 1. The molecule has 194 valence electrons. The van der Waals surface area contributed by atoms with E-state index in [4.69, 9.17) is 9.72 Å². The fourth-order valence-corrected chi connectivity index (χ4v) is 5.43. The predicted molar refractivity (Wildman–Crippen MR) is 154 cm³/mol. The maximum Gasteiger partial charge on any atom is 0.282 e. The molecular formula is C28H24Br2N4O4. The molecule has 0 saturated heterocycles. The van der Waals surface area contributed by atoms with E-state index in [2.05, 4.69) is 37.0 Å². The first-order valence-corrected chi connectivity index (χ1v) is 13.9. The maximum absolute atomic E-state index is 13.6. The number of nitro benzene ring substituents is 1. The van der Waals surface area contributed by atoms with Crippen molar-refractivity contribution in [1.29, 1.82) is 0 Å². The number of hydrogen-bond donors (Lipinski definition) is 0. The lowest BCUT2D eigenvalue weighted by Gasteiger charge is -2.22. The summed E-state index contributed by atoms with van der Waals surface area (Å²) in [5.41, 5.74) is 1.77. The van der Waals surface area contributed by atoms with Gasteiger partial charge in [-0.05, 0) is 54.8 Å². The van der Waals surface area contributed by atoms with Crippen LogP contribution in [0.5, 0.6) is 5.75 Å². The topological polar surface area (TPSA) is 99.6 Å². The Labute approximate surface area is 235 Å². The summed E-state index contributed by atoms with van der Waals surface area (Å²) in [6.45, 7) is 0.142. The molecule has 38 heavy (non-hydrogen) atoms. The monoisotopic (exact) mass is 638 g/mol. The van der Waals surface area contributed by atoms with E-state index in [-0.39, 0.29) is 23.8 Å². The fourth-order valence-electron chi connectivity index (χ4n) is 4.70. The Balaban J connectivity index is 1.51. The van der Waals surface area contributed by atoms with Gasteiger partial charge in [0.15, 0.2) is 0 Å². The minimum Gasteiger partial charge on any atom is -0.488 e. The van der Waals surface area contributed by atoms with Crippen LogP contribution in [0.4, 0.5) is 5.69 Å². The highest BCUT2D eigenvalue weighted by Gasteiger charge is 2.22. The standard InChI is InChI=1S/C28H24Br2N4O4/c29-21-10-12-26(38-17-18-5-4-8-23(13-18)34(36)37)20(14-21)16-31-33-27(19-6-2-1-3-7-19)32-25-11-9-22(30)15-24(25)28(33)35/h4-5,8-16,19H,1-3,6-7,17H2. The van der Waals surface area contributed by atoms with Gasteiger partial charge in [-0.15, -0.1) is 0 Å². The summed E-state index contributed by atoms with van der Waals surface area (Å²) in [6, 6.07) is 17.3. The van der Waals surface area contributed by atoms with Gasteiger partial charge < -0.3 is 4.74 Å². The summed E-state index contributed by atoms with van der Waals surface area (Å²) in [6.07, 6.45) is 6.94. The lowest BCUT2D eigenvalue weighted by atomic mass is 9.88. The van der Waals surface area contributed by atoms with Gasteiger partial charge in [-0.1, -0.05) is 63.3 Å². The molecular weight excluding hydrogens is 616 g/mol. The van der Waals surface area contributed by atoms with Crippen LogP contribution in [-0.2, 0) is 6.61 Å². The number of nitrogens with zero attached hydrogens (tertiary/aromatic N) is 4. The van der Waals surface area contributed by atoms with Crippen molar-refractivity contribution in [2.75, 3.05) is 0 Å². The Morgan fingerprint density at radius 1 is 1.05 bits per heavy atom. The van der Waals surface area contributed by atoms with Crippen LogP contribution in [0.2, 0.25) is 0 Å². The molecule has 0 aliphatic heterocycles.